The van der Waals surface area contributed by atoms with Crippen LogP contribution >= 0.6 is 0 Å². The highest BCUT2D eigenvalue weighted by molar-refractivity contribution is 5.85. The van der Waals surface area contributed by atoms with Gasteiger partial charge >= 0.3 is 0 Å². The summed E-state index contributed by atoms with van der Waals surface area (Å²) in [6.45, 7) is 3.61. The van der Waals surface area contributed by atoms with E-state index in [-0.39, 0.29) is 30.4 Å². The number of rotatable bonds is 13. The van der Waals surface area contributed by atoms with Crippen molar-refractivity contribution in [1.82, 2.24) is 20.4 Å². The van der Waals surface area contributed by atoms with Crippen LogP contribution in [0.2, 0.25) is 0 Å². The van der Waals surface area contributed by atoms with Crippen LogP contribution in [0.4, 0.5) is 11.4 Å². The van der Waals surface area contributed by atoms with Gasteiger partial charge in [-0.15, -0.1) is 0 Å². The summed E-state index contributed by atoms with van der Waals surface area (Å²) in [7, 11) is 1.85. The number of hydrogen-bond acceptors (Lipinski definition) is 6. The number of nitrogens with zero attached hydrogens (tertiary/aromatic N) is 2. The van der Waals surface area contributed by atoms with Gasteiger partial charge in [0.2, 0.25) is 18.2 Å². The van der Waals surface area contributed by atoms with Gasteiger partial charge in [0, 0.05) is 49.6 Å². The van der Waals surface area contributed by atoms with Crippen LogP contribution in [0.3, 0.4) is 0 Å². The molecule has 4 fully saturated rings. The molecule has 53 heavy (non-hydrogen) atoms. The number of likely N-dealkylation sites (N-methyl/N-ethyl adjacent to an activating group) is 1. The Labute approximate surface area is 313 Å². The van der Waals surface area contributed by atoms with Crippen LogP contribution in [0.25, 0.3) is 22.3 Å². The topological polar surface area (TPSA) is 106 Å². The minimum Gasteiger partial charge on any atom is -0.383 e. The SMILES string of the molecule is CNCC(=O)N1CCC[C@H]1CNc1ccc(-c2ccc(-c3ccc(NC[C@@H]4CCCN4C(=O)CNC=O)cc3)c3c2C2CCC3C2)c2c1C1CCC2C1. The number of anilines is 2. The maximum Gasteiger partial charge on any atom is 0.242 e. The Balaban J connectivity index is 0.965. The minimum atomic E-state index is -0.0150. The van der Waals surface area contributed by atoms with Crippen molar-refractivity contribution in [1.29, 1.82) is 0 Å². The van der Waals surface area contributed by atoms with Crippen molar-refractivity contribution in [3.05, 3.63) is 70.8 Å². The Bertz CT molecular complexity index is 1890. The lowest BCUT2D eigenvalue weighted by molar-refractivity contribution is -0.132. The molecule has 3 amide bonds. The van der Waals surface area contributed by atoms with Crippen molar-refractivity contribution < 1.29 is 14.4 Å². The van der Waals surface area contributed by atoms with Crippen LogP contribution < -0.4 is 21.3 Å². The first-order valence-corrected chi connectivity index (χ1v) is 20.3. The number of amides is 3. The number of carbonyl (C=O) groups is 3. The van der Waals surface area contributed by atoms with E-state index in [0.29, 0.717) is 43.2 Å². The first-order chi connectivity index (χ1) is 26.0. The van der Waals surface area contributed by atoms with E-state index in [1.807, 2.05) is 11.9 Å². The van der Waals surface area contributed by atoms with Gasteiger partial charge in [-0.05, 0) is 158 Å². The molecule has 2 heterocycles. The molecule has 3 aromatic carbocycles. The zero-order valence-electron chi connectivity index (χ0n) is 31.1. The second-order valence-electron chi connectivity index (χ2n) is 16.5. The van der Waals surface area contributed by atoms with Crippen molar-refractivity contribution >= 4 is 29.6 Å². The van der Waals surface area contributed by atoms with E-state index in [1.165, 1.54) is 66.5 Å². The van der Waals surface area contributed by atoms with Gasteiger partial charge in [-0.3, -0.25) is 14.4 Å². The molecule has 0 spiro atoms. The second-order valence-corrected chi connectivity index (χ2v) is 16.5. The summed E-state index contributed by atoms with van der Waals surface area (Å²) >= 11 is 0. The molecule has 278 valence electrons. The molecule has 2 saturated carbocycles. The molecule has 9 heteroatoms. The van der Waals surface area contributed by atoms with Gasteiger partial charge in [0.25, 0.3) is 0 Å². The van der Waals surface area contributed by atoms with E-state index >= 15 is 0 Å². The van der Waals surface area contributed by atoms with Crippen molar-refractivity contribution in [2.45, 2.75) is 100.0 Å². The average Bonchev–Trinajstić information content (AvgIpc) is 4.05. The Hall–Kier alpha value is -4.37. The molecule has 6 atom stereocenters. The molecule has 3 aromatic rings. The summed E-state index contributed by atoms with van der Waals surface area (Å²) in [5.41, 5.74) is 14.4. The van der Waals surface area contributed by atoms with Crippen molar-refractivity contribution in [2.24, 2.45) is 0 Å². The van der Waals surface area contributed by atoms with E-state index in [4.69, 9.17) is 0 Å². The van der Waals surface area contributed by atoms with Crippen molar-refractivity contribution in [2.75, 3.05) is 56.9 Å². The molecule has 2 aliphatic heterocycles. The van der Waals surface area contributed by atoms with E-state index in [9.17, 15) is 14.4 Å². The summed E-state index contributed by atoms with van der Waals surface area (Å²) in [6, 6.07) is 19.0. The Morgan fingerprint density at radius 3 is 1.79 bits per heavy atom. The van der Waals surface area contributed by atoms with Crippen molar-refractivity contribution in [3.63, 3.8) is 0 Å². The quantitative estimate of drug-likeness (QED) is 0.150. The van der Waals surface area contributed by atoms with Crippen LogP contribution in [-0.4, -0.2) is 86.4 Å². The van der Waals surface area contributed by atoms with E-state index in [2.05, 4.69) is 74.7 Å². The van der Waals surface area contributed by atoms with Gasteiger partial charge in [-0.1, -0.05) is 30.3 Å². The molecule has 4 aliphatic carbocycles. The molecule has 2 saturated heterocycles. The maximum atomic E-state index is 12.8. The molecule has 0 radical (unpaired) electrons. The first kappa shape index (κ1) is 34.4. The number of fused-ring (bicyclic) bond motifs is 10. The zero-order chi connectivity index (χ0) is 36.1. The van der Waals surface area contributed by atoms with Crippen molar-refractivity contribution in [3.8, 4) is 22.3 Å². The van der Waals surface area contributed by atoms with E-state index in [0.717, 1.165) is 51.0 Å². The smallest absolute Gasteiger partial charge is 0.242 e. The summed E-state index contributed by atoms with van der Waals surface area (Å²) < 4.78 is 0. The summed E-state index contributed by atoms with van der Waals surface area (Å²) in [5, 5.41) is 13.0. The predicted molar refractivity (Wildman–Crippen MR) is 210 cm³/mol. The van der Waals surface area contributed by atoms with Gasteiger partial charge in [0.1, 0.15) is 0 Å². The normalized spacial score (nSPS) is 26.2. The minimum absolute atomic E-state index is 0.0150. The number of benzene rings is 3. The Kier molecular flexibility index (Phi) is 9.39. The number of likely N-dealkylation sites (tertiary alicyclic amines) is 2. The maximum absolute atomic E-state index is 12.8. The molecule has 4 N–H and O–H groups in total. The van der Waals surface area contributed by atoms with Gasteiger partial charge in [0.05, 0.1) is 13.1 Å². The monoisotopic (exact) mass is 714 g/mol. The van der Waals surface area contributed by atoms with E-state index in [1.54, 1.807) is 22.3 Å². The fourth-order valence-corrected chi connectivity index (χ4v) is 11.4. The van der Waals surface area contributed by atoms with Crippen LogP contribution in [0.5, 0.6) is 0 Å². The van der Waals surface area contributed by atoms with Gasteiger partial charge in [-0.25, -0.2) is 0 Å². The number of carbonyl (C=O) groups excluding carboxylic acids is 3. The molecule has 4 unspecified atom stereocenters. The van der Waals surface area contributed by atoms with Crippen LogP contribution in [0.15, 0.2) is 48.5 Å². The number of hydrogen-bond donors (Lipinski definition) is 4. The first-order valence-electron chi connectivity index (χ1n) is 20.3. The van der Waals surface area contributed by atoms with Gasteiger partial charge in [-0.2, -0.15) is 0 Å². The molecule has 0 aromatic heterocycles. The highest BCUT2D eigenvalue weighted by atomic mass is 16.2. The summed E-state index contributed by atoms with van der Waals surface area (Å²) in [6.07, 6.45) is 12.4. The average molecular weight is 715 g/mol. The Morgan fingerprint density at radius 1 is 0.642 bits per heavy atom. The fraction of sp³-hybridized carbons (Fsp3) is 0.523. The fourth-order valence-electron chi connectivity index (χ4n) is 11.4. The molecular weight excluding hydrogens is 661 g/mol. The second kappa shape index (κ2) is 14.5. The standard InChI is InChI=1S/C44H54N6O3/c1-45-24-39(52)49-18-3-5-34(49)23-48-38-17-16-37(43-30-8-9-31(21-30)44(38)43)36-15-14-35(41-28-6-7-29(20-28)42(36)41)27-10-12-32(13-11-27)47-22-33-4-2-19-50(33)40(53)25-46-26-51/h10-17,26,28-31,33-34,45,47-48H,2-9,18-25H2,1H3,(H,46,51)/t28?,29?,30?,31?,33-,34-/m0/s1. The predicted octanol–water partition coefficient (Wildman–Crippen LogP) is 6.52. The molecule has 4 bridgehead atoms. The zero-order valence-corrected chi connectivity index (χ0v) is 31.1. The van der Waals surface area contributed by atoms with Crippen LogP contribution in [0.1, 0.15) is 110 Å². The third-order valence-electron chi connectivity index (χ3n) is 13.7. The lowest BCUT2D eigenvalue weighted by atomic mass is 9.78. The highest BCUT2D eigenvalue weighted by Crippen LogP contribution is 2.62. The molecule has 6 aliphatic rings. The summed E-state index contributed by atoms with van der Waals surface area (Å²) in [4.78, 5) is 40.0. The molecular formula is C44H54N6O3. The molecule has 9 rings (SSSR count). The lowest BCUT2D eigenvalue weighted by Gasteiger charge is -2.29. The Morgan fingerprint density at radius 2 is 1.17 bits per heavy atom. The third kappa shape index (κ3) is 6.18. The number of nitrogens with one attached hydrogen (secondary N) is 4. The summed E-state index contributed by atoms with van der Waals surface area (Å²) in [5.74, 6) is 2.74. The van der Waals surface area contributed by atoms with Crippen LogP contribution in [0, 0.1) is 0 Å². The van der Waals surface area contributed by atoms with E-state index < -0.39 is 0 Å². The van der Waals surface area contributed by atoms with Crippen LogP contribution in [-0.2, 0) is 14.4 Å². The molecule has 9 nitrogen and oxygen atoms in total. The largest absolute Gasteiger partial charge is 0.383 e. The lowest BCUT2D eigenvalue weighted by Crippen LogP contribution is -2.43. The highest BCUT2D eigenvalue weighted by Gasteiger charge is 2.44. The van der Waals surface area contributed by atoms with Gasteiger partial charge in [0.15, 0.2) is 0 Å². The van der Waals surface area contributed by atoms with Gasteiger partial charge < -0.3 is 31.1 Å². The third-order valence-corrected chi connectivity index (χ3v) is 13.7.